The molecule has 6 aromatic carbocycles. The smallest absolute Gasteiger partial charge is 0.336 e. The maximum Gasteiger partial charge on any atom is 0.336 e. The number of carbonyl (C=O) groups excluding carboxylic acids is 3. The molecular weight excluding hydrogens is 865 g/mol. The normalized spacial score (nSPS) is 9.83. The van der Waals surface area contributed by atoms with Crippen molar-refractivity contribution in [3.05, 3.63) is 227 Å². The number of aryl methyl sites for hydroxylation is 1. The summed E-state index contributed by atoms with van der Waals surface area (Å²) in [6, 6.07) is 55.2. The highest BCUT2D eigenvalue weighted by Gasteiger charge is 2.27. The molecule has 9 rings (SSSR count). The lowest BCUT2D eigenvalue weighted by Gasteiger charge is -2.09. The molecule has 0 saturated carbocycles. The Bertz CT molecular complexity index is 2630. The van der Waals surface area contributed by atoms with Crippen LogP contribution >= 0.6 is 0 Å². The fourth-order valence-corrected chi connectivity index (χ4v) is 6.60. The topological polar surface area (TPSA) is 114 Å². The van der Waals surface area contributed by atoms with E-state index in [0.29, 0.717) is 34.9 Å². The summed E-state index contributed by atoms with van der Waals surface area (Å²) in [6.07, 6.45) is 7.88. The van der Waals surface area contributed by atoms with E-state index in [4.69, 9.17) is 0 Å². The van der Waals surface area contributed by atoms with E-state index in [0.717, 1.165) is 41.3 Å². The summed E-state index contributed by atoms with van der Waals surface area (Å²) in [4.78, 5) is 52.3. The van der Waals surface area contributed by atoms with E-state index in [1.54, 1.807) is 24.4 Å². The Morgan fingerprint density at radius 2 is 0.971 bits per heavy atom. The zero-order valence-corrected chi connectivity index (χ0v) is 43.9. The van der Waals surface area contributed by atoms with Crippen LogP contribution in [0.25, 0.3) is 21.8 Å². The van der Waals surface area contributed by atoms with Crippen molar-refractivity contribution >= 4 is 45.6 Å². The number of pyridine rings is 2. The first-order valence-electron chi connectivity index (χ1n) is 25.0. The number of aromatic nitrogens is 2. The summed E-state index contributed by atoms with van der Waals surface area (Å²) in [5.74, 6) is -1.53. The number of nitrogens with zero attached hydrogens (tertiary/aromatic N) is 2. The van der Waals surface area contributed by atoms with Crippen molar-refractivity contribution in [2.45, 2.75) is 115 Å². The predicted molar refractivity (Wildman–Crippen MR) is 297 cm³/mol. The number of hydrogen-bond donors (Lipinski definition) is 1. The number of carboxylic acid groups (broad SMARTS) is 1. The van der Waals surface area contributed by atoms with Crippen LogP contribution in [0, 0.1) is 0 Å². The Hall–Kier alpha value is -7.38. The first-order chi connectivity index (χ1) is 34.4. The summed E-state index contributed by atoms with van der Waals surface area (Å²) in [5.41, 5.74) is 9.19. The molecule has 0 radical (unpaired) electrons. The van der Waals surface area contributed by atoms with Gasteiger partial charge in [-0.1, -0.05) is 235 Å². The second-order valence-electron chi connectivity index (χ2n) is 13.6. The van der Waals surface area contributed by atoms with Crippen LogP contribution < -0.4 is 0 Å². The van der Waals surface area contributed by atoms with E-state index < -0.39 is 5.97 Å². The van der Waals surface area contributed by atoms with Crippen molar-refractivity contribution in [2.24, 2.45) is 0 Å². The monoisotopic (exact) mass is 943 g/mol. The zero-order valence-electron chi connectivity index (χ0n) is 43.9. The lowest BCUT2D eigenvalue weighted by molar-refractivity contribution is -0.114. The molecule has 1 N–H and O–H groups in total. The van der Waals surface area contributed by atoms with E-state index in [1.165, 1.54) is 22.1 Å². The first kappa shape index (κ1) is 62.6. The quantitative estimate of drug-likeness (QED) is 0.119. The Morgan fingerprint density at radius 3 is 1.51 bits per heavy atom. The number of Topliss-reactive ketones (excluding diaryl/α,β-unsaturated/α-hetero) is 2. The minimum absolute atomic E-state index is 0.286. The fourth-order valence-electron chi connectivity index (χ4n) is 6.60. The second kappa shape index (κ2) is 39.6. The Kier molecular flexibility index (Phi) is 35.4. The standard InChI is InChI=1S/C17H13NO2.C16H13N.C9H6O2.C9H10O.6C2H6/c19-17(20)16-13(10-12-6-2-1-3-7-12)11-18-15-9-5-4-8-14(15)16;1-2-6-13(7-3-1)10-14-11-15-8-4-5-9-16(15)17-12-14;10-8-5-6-3-1-2-4-7(6)9(8)11;10-8-4-7-9-5-2-1-3-6-9;6*1-2/h1-9,11H,10H2,(H,19,20);1-9,11-12H,10H2;1-4H,5H2;1-3,5-6,8H,4,7H2;6*1-2H3. The maximum absolute atomic E-state index is 11.6. The molecule has 0 amide bonds. The van der Waals surface area contributed by atoms with Crippen LogP contribution in [0.15, 0.2) is 182 Å². The molecule has 0 saturated heterocycles. The molecular formula is C63H78N2O5. The molecule has 2 aromatic heterocycles. The van der Waals surface area contributed by atoms with Crippen molar-refractivity contribution in [1.82, 2.24) is 9.97 Å². The molecule has 0 unspecified atom stereocenters. The lowest BCUT2D eigenvalue weighted by Crippen LogP contribution is -2.05. The van der Waals surface area contributed by atoms with Gasteiger partial charge in [-0.05, 0) is 70.8 Å². The Morgan fingerprint density at radius 1 is 0.514 bits per heavy atom. The number of carbonyl (C=O) groups is 4. The molecule has 8 aromatic rings. The number of aromatic carboxylic acids is 1. The lowest BCUT2D eigenvalue weighted by atomic mass is 9.98. The third-order valence-corrected chi connectivity index (χ3v) is 9.46. The van der Waals surface area contributed by atoms with Gasteiger partial charge in [0.1, 0.15) is 6.29 Å². The van der Waals surface area contributed by atoms with Crippen LogP contribution in [-0.2, 0) is 35.3 Å². The van der Waals surface area contributed by atoms with Crippen molar-refractivity contribution < 1.29 is 24.3 Å². The largest absolute Gasteiger partial charge is 0.478 e. The zero-order chi connectivity index (χ0) is 52.5. The van der Waals surface area contributed by atoms with Crippen molar-refractivity contribution in [1.29, 1.82) is 0 Å². The molecule has 7 heteroatoms. The Labute approximate surface area is 420 Å². The van der Waals surface area contributed by atoms with E-state index in [-0.39, 0.29) is 18.0 Å². The third-order valence-electron chi connectivity index (χ3n) is 9.46. The van der Waals surface area contributed by atoms with Crippen LogP contribution in [0.3, 0.4) is 0 Å². The number of para-hydroxylation sites is 2. The highest BCUT2D eigenvalue weighted by molar-refractivity contribution is 6.47. The van der Waals surface area contributed by atoms with Crippen molar-refractivity contribution in [2.75, 3.05) is 0 Å². The minimum Gasteiger partial charge on any atom is -0.478 e. The molecule has 2 heterocycles. The molecule has 0 spiro atoms. The number of ketones is 2. The first-order valence-corrected chi connectivity index (χ1v) is 25.0. The highest BCUT2D eigenvalue weighted by atomic mass is 16.4. The summed E-state index contributed by atoms with van der Waals surface area (Å²) in [5, 5.41) is 11.4. The number of rotatable bonds is 8. The molecule has 0 aliphatic heterocycles. The summed E-state index contributed by atoms with van der Waals surface area (Å²) >= 11 is 0. The molecule has 0 bridgehead atoms. The minimum atomic E-state index is -0.908. The number of hydrogen-bond acceptors (Lipinski definition) is 6. The SMILES string of the molecule is CC.CC.CC.CC.CC.CC.O=C(O)c1c(Cc2ccccc2)cnc2ccccc12.O=C1Cc2ccccc2C1=O.O=CCCc1ccccc1.c1ccc(Cc2cnc3ccccc3c2)cc1. The van der Waals surface area contributed by atoms with E-state index >= 15 is 0 Å². The molecule has 370 valence electrons. The van der Waals surface area contributed by atoms with E-state index in [1.807, 2.05) is 198 Å². The fraction of sp³-hybridized carbons (Fsp3) is 0.270. The average molecular weight is 943 g/mol. The number of benzene rings is 6. The van der Waals surface area contributed by atoms with Crippen molar-refractivity contribution in [3.8, 4) is 0 Å². The molecule has 70 heavy (non-hydrogen) atoms. The summed E-state index contributed by atoms with van der Waals surface area (Å²) < 4.78 is 0. The highest BCUT2D eigenvalue weighted by Crippen LogP contribution is 2.23. The maximum atomic E-state index is 11.6. The number of aldehydes is 1. The van der Waals surface area contributed by atoms with Gasteiger partial charge in [0.2, 0.25) is 11.6 Å². The second-order valence-corrected chi connectivity index (χ2v) is 13.6. The molecule has 0 atom stereocenters. The van der Waals surface area contributed by atoms with Crippen molar-refractivity contribution in [3.63, 3.8) is 0 Å². The van der Waals surface area contributed by atoms with Crippen LogP contribution in [-0.4, -0.2) is 38.9 Å². The third kappa shape index (κ3) is 21.7. The average Bonchev–Trinajstić information content (AvgIpc) is 3.74. The van der Waals surface area contributed by atoms with Gasteiger partial charge in [-0.3, -0.25) is 19.6 Å². The molecule has 0 fully saturated rings. The summed E-state index contributed by atoms with van der Waals surface area (Å²) in [6.45, 7) is 24.0. The number of fused-ring (bicyclic) bond motifs is 3. The van der Waals surface area contributed by atoms with Crippen LogP contribution in [0.2, 0.25) is 0 Å². The van der Waals surface area contributed by atoms with Gasteiger partial charge in [0, 0.05) is 41.6 Å². The van der Waals surface area contributed by atoms with Gasteiger partial charge in [0.25, 0.3) is 0 Å². The van der Waals surface area contributed by atoms with E-state index in [9.17, 15) is 24.3 Å². The van der Waals surface area contributed by atoms with Gasteiger partial charge in [0.15, 0.2) is 0 Å². The van der Waals surface area contributed by atoms with Crippen LogP contribution in [0.4, 0.5) is 0 Å². The molecule has 7 nitrogen and oxygen atoms in total. The van der Waals surface area contributed by atoms with Gasteiger partial charge in [-0.15, -0.1) is 0 Å². The molecule has 1 aliphatic carbocycles. The van der Waals surface area contributed by atoms with E-state index in [2.05, 4.69) is 52.4 Å². The Balaban J connectivity index is 0.000000867. The van der Waals surface area contributed by atoms with Gasteiger partial charge in [-0.2, -0.15) is 0 Å². The van der Waals surface area contributed by atoms with Gasteiger partial charge in [0.05, 0.1) is 16.6 Å². The summed E-state index contributed by atoms with van der Waals surface area (Å²) in [7, 11) is 0. The van der Waals surface area contributed by atoms with Gasteiger partial charge >= 0.3 is 5.97 Å². The molecule has 1 aliphatic rings. The van der Waals surface area contributed by atoms with Gasteiger partial charge < -0.3 is 9.90 Å². The van der Waals surface area contributed by atoms with Gasteiger partial charge in [-0.25, -0.2) is 4.79 Å². The predicted octanol–water partition coefficient (Wildman–Crippen LogP) is 16.3. The number of carboxylic acids is 1. The van der Waals surface area contributed by atoms with Crippen LogP contribution in [0.5, 0.6) is 0 Å². The van der Waals surface area contributed by atoms with Crippen LogP contribution in [0.1, 0.15) is 144 Å².